The monoisotopic (exact) mass is 322 g/mol. The molecule has 114 valence electrons. The van der Waals surface area contributed by atoms with Gasteiger partial charge in [0.2, 0.25) is 0 Å². The third-order valence-electron chi connectivity index (χ3n) is 3.29. The van der Waals surface area contributed by atoms with E-state index in [4.69, 9.17) is 11.6 Å². The van der Waals surface area contributed by atoms with E-state index >= 15 is 0 Å². The van der Waals surface area contributed by atoms with Crippen LogP contribution in [-0.4, -0.2) is 13.6 Å². The molecule has 0 aliphatic carbocycles. The Morgan fingerprint density at radius 3 is 2.76 bits per heavy atom. The maximum atomic E-state index is 6.16. The van der Waals surface area contributed by atoms with Crippen LogP contribution in [0.1, 0.15) is 24.3 Å². The van der Waals surface area contributed by atoms with Crippen molar-refractivity contribution in [3.63, 3.8) is 0 Å². The first kappa shape index (κ1) is 16.3. The van der Waals surface area contributed by atoms with Crippen molar-refractivity contribution in [2.75, 3.05) is 18.5 Å². The third kappa shape index (κ3) is 5.03. The van der Waals surface area contributed by atoms with Gasteiger partial charge in [-0.25, -0.2) is 0 Å². The number of nitrogens with zero attached hydrogens (tertiary/aromatic N) is 1. The van der Waals surface area contributed by atoms with Crippen LogP contribution in [0.4, 0.5) is 5.69 Å². The molecule has 1 N–H and O–H groups in total. The maximum absolute atomic E-state index is 6.16. The van der Waals surface area contributed by atoms with Crippen LogP contribution in [0.5, 0.6) is 0 Å². The summed E-state index contributed by atoms with van der Waals surface area (Å²) in [4.78, 5) is 3.66. The number of benzene rings is 1. The standard InChI is InChI=1S/C17H23ClN2S/c1-13(2)10-19-11-14-9-15(18)6-7-17(14)20(3)12-16-5-4-8-21-16/h4-9,13,19H,10-12H2,1-3H3. The van der Waals surface area contributed by atoms with Crippen molar-refractivity contribution >= 4 is 28.6 Å². The fourth-order valence-corrected chi connectivity index (χ4v) is 3.24. The first-order valence-electron chi connectivity index (χ1n) is 7.29. The van der Waals surface area contributed by atoms with Gasteiger partial charge in [-0.3, -0.25) is 0 Å². The van der Waals surface area contributed by atoms with E-state index in [0.717, 1.165) is 24.7 Å². The second-order valence-corrected chi connectivity index (χ2v) is 7.20. The molecule has 0 bridgehead atoms. The molecule has 0 unspecified atom stereocenters. The summed E-state index contributed by atoms with van der Waals surface area (Å²) in [5.74, 6) is 0.650. The first-order chi connectivity index (χ1) is 10.1. The summed E-state index contributed by atoms with van der Waals surface area (Å²) < 4.78 is 0. The zero-order valence-electron chi connectivity index (χ0n) is 12.9. The van der Waals surface area contributed by atoms with Crippen LogP contribution >= 0.6 is 22.9 Å². The number of hydrogen-bond acceptors (Lipinski definition) is 3. The first-order valence-corrected chi connectivity index (χ1v) is 8.54. The summed E-state index contributed by atoms with van der Waals surface area (Å²) in [5.41, 5.74) is 2.49. The van der Waals surface area contributed by atoms with Gasteiger partial charge in [0.1, 0.15) is 0 Å². The molecule has 4 heteroatoms. The molecule has 0 aliphatic heterocycles. The predicted molar refractivity (Wildman–Crippen MR) is 94.4 cm³/mol. The average molecular weight is 323 g/mol. The molecule has 0 spiro atoms. The van der Waals surface area contributed by atoms with Crippen LogP contribution in [-0.2, 0) is 13.1 Å². The molecule has 2 nitrogen and oxygen atoms in total. The SMILES string of the molecule is CC(C)CNCc1cc(Cl)ccc1N(C)Cc1cccs1. The minimum Gasteiger partial charge on any atom is -0.369 e. The van der Waals surface area contributed by atoms with Gasteiger partial charge in [0.05, 0.1) is 6.54 Å². The van der Waals surface area contributed by atoms with Gasteiger partial charge in [-0.15, -0.1) is 11.3 Å². The highest BCUT2D eigenvalue weighted by Crippen LogP contribution is 2.25. The minimum absolute atomic E-state index is 0.650. The largest absolute Gasteiger partial charge is 0.369 e. The van der Waals surface area contributed by atoms with Crippen molar-refractivity contribution in [2.24, 2.45) is 5.92 Å². The summed E-state index contributed by atoms with van der Waals surface area (Å²) in [6, 6.07) is 10.4. The van der Waals surface area contributed by atoms with Crippen molar-refractivity contribution in [2.45, 2.75) is 26.9 Å². The highest BCUT2D eigenvalue weighted by atomic mass is 35.5. The Kier molecular flexibility index (Phi) is 6.09. The van der Waals surface area contributed by atoms with E-state index in [1.807, 2.05) is 6.07 Å². The molecule has 1 aromatic heterocycles. The van der Waals surface area contributed by atoms with Crippen LogP contribution in [0, 0.1) is 5.92 Å². The van der Waals surface area contributed by atoms with Crippen LogP contribution in [0.3, 0.4) is 0 Å². The fraction of sp³-hybridized carbons (Fsp3) is 0.412. The average Bonchev–Trinajstić information content (AvgIpc) is 2.91. The number of rotatable bonds is 7. The Labute approximate surface area is 136 Å². The summed E-state index contributed by atoms with van der Waals surface area (Å²) >= 11 is 7.95. The molecule has 2 aromatic rings. The topological polar surface area (TPSA) is 15.3 Å². The molecule has 0 fully saturated rings. The molecule has 0 amide bonds. The number of halogens is 1. The van der Waals surface area contributed by atoms with Crippen LogP contribution in [0.15, 0.2) is 35.7 Å². The van der Waals surface area contributed by atoms with E-state index < -0.39 is 0 Å². The number of anilines is 1. The van der Waals surface area contributed by atoms with Crippen molar-refractivity contribution in [3.8, 4) is 0 Å². The van der Waals surface area contributed by atoms with E-state index in [2.05, 4.69) is 60.8 Å². The highest BCUT2D eigenvalue weighted by Gasteiger charge is 2.09. The summed E-state index contributed by atoms with van der Waals surface area (Å²) in [6.07, 6.45) is 0. The summed E-state index contributed by atoms with van der Waals surface area (Å²) in [5, 5.41) is 6.42. The second kappa shape index (κ2) is 7.83. The molecule has 0 atom stereocenters. The predicted octanol–water partition coefficient (Wildman–Crippen LogP) is 4.78. The lowest BCUT2D eigenvalue weighted by Crippen LogP contribution is -2.22. The van der Waals surface area contributed by atoms with Gasteiger partial charge in [0.15, 0.2) is 0 Å². The van der Waals surface area contributed by atoms with Gasteiger partial charge < -0.3 is 10.2 Å². The zero-order chi connectivity index (χ0) is 15.2. The van der Waals surface area contributed by atoms with Crippen LogP contribution < -0.4 is 10.2 Å². The van der Waals surface area contributed by atoms with Gasteiger partial charge in [-0.2, -0.15) is 0 Å². The zero-order valence-corrected chi connectivity index (χ0v) is 14.5. The highest BCUT2D eigenvalue weighted by molar-refractivity contribution is 7.09. The molecule has 0 radical (unpaired) electrons. The number of thiophene rings is 1. The Bertz CT molecular complexity index is 552. The molecule has 0 aliphatic rings. The summed E-state index contributed by atoms with van der Waals surface area (Å²) in [7, 11) is 2.13. The van der Waals surface area contributed by atoms with Gasteiger partial charge >= 0.3 is 0 Å². The normalized spacial score (nSPS) is 11.1. The Morgan fingerprint density at radius 2 is 2.10 bits per heavy atom. The van der Waals surface area contributed by atoms with E-state index in [9.17, 15) is 0 Å². The third-order valence-corrected chi connectivity index (χ3v) is 4.39. The van der Waals surface area contributed by atoms with E-state index in [-0.39, 0.29) is 0 Å². The van der Waals surface area contributed by atoms with Crippen molar-refractivity contribution in [1.82, 2.24) is 5.32 Å². The number of hydrogen-bond donors (Lipinski definition) is 1. The molecule has 21 heavy (non-hydrogen) atoms. The van der Waals surface area contributed by atoms with Gasteiger partial charge in [-0.1, -0.05) is 31.5 Å². The van der Waals surface area contributed by atoms with Crippen LogP contribution in [0.2, 0.25) is 5.02 Å². The lowest BCUT2D eigenvalue weighted by molar-refractivity contribution is 0.552. The molecular weight excluding hydrogens is 300 g/mol. The lowest BCUT2D eigenvalue weighted by Gasteiger charge is -2.22. The molecule has 1 heterocycles. The van der Waals surface area contributed by atoms with Crippen LogP contribution in [0.25, 0.3) is 0 Å². The van der Waals surface area contributed by atoms with Gasteiger partial charge in [0, 0.05) is 29.2 Å². The molecular formula is C17H23ClN2S. The van der Waals surface area contributed by atoms with Crippen molar-refractivity contribution < 1.29 is 0 Å². The molecule has 1 aromatic carbocycles. The quantitative estimate of drug-likeness (QED) is 0.789. The van der Waals surface area contributed by atoms with E-state index in [1.54, 1.807) is 11.3 Å². The van der Waals surface area contributed by atoms with Gasteiger partial charge in [-0.05, 0) is 47.7 Å². The van der Waals surface area contributed by atoms with Gasteiger partial charge in [0.25, 0.3) is 0 Å². The fourth-order valence-electron chi connectivity index (χ4n) is 2.29. The maximum Gasteiger partial charge on any atom is 0.0519 e. The Hall–Kier alpha value is -1.03. The Morgan fingerprint density at radius 1 is 1.29 bits per heavy atom. The molecule has 0 saturated heterocycles. The Balaban J connectivity index is 2.09. The lowest BCUT2D eigenvalue weighted by atomic mass is 10.1. The van der Waals surface area contributed by atoms with E-state index in [0.29, 0.717) is 5.92 Å². The minimum atomic E-state index is 0.650. The molecule has 0 saturated carbocycles. The smallest absolute Gasteiger partial charge is 0.0519 e. The van der Waals surface area contributed by atoms with Crippen molar-refractivity contribution in [3.05, 3.63) is 51.2 Å². The second-order valence-electron chi connectivity index (χ2n) is 5.73. The summed E-state index contributed by atoms with van der Waals surface area (Å²) in [6.45, 7) is 7.23. The number of nitrogens with one attached hydrogen (secondary N) is 1. The molecule has 2 rings (SSSR count). The van der Waals surface area contributed by atoms with E-state index in [1.165, 1.54) is 16.1 Å². The van der Waals surface area contributed by atoms with Crippen molar-refractivity contribution in [1.29, 1.82) is 0 Å².